The predicted octanol–water partition coefficient (Wildman–Crippen LogP) is 3.65. The number of carbonyl (C=O) groups excluding carboxylic acids is 1. The lowest BCUT2D eigenvalue weighted by Crippen LogP contribution is -2.30. The predicted molar refractivity (Wildman–Crippen MR) is 118 cm³/mol. The topological polar surface area (TPSA) is 72.9 Å². The molecule has 31 heavy (non-hydrogen) atoms. The maximum atomic E-state index is 12.4. The molecule has 7 nitrogen and oxygen atoms in total. The molecule has 1 aromatic heterocycles. The minimum Gasteiger partial charge on any atom is -0.481 e. The number of anilines is 1. The number of fused-ring (bicyclic) bond motifs is 2. The van der Waals surface area contributed by atoms with E-state index in [-0.39, 0.29) is 19.3 Å². The number of carbonyl (C=O) groups is 1. The highest BCUT2D eigenvalue weighted by Gasteiger charge is 2.15. The van der Waals surface area contributed by atoms with Gasteiger partial charge in [0, 0.05) is 25.0 Å². The molecule has 0 atom stereocenters. The van der Waals surface area contributed by atoms with Crippen LogP contribution in [0.5, 0.6) is 17.2 Å². The first-order valence-electron chi connectivity index (χ1n) is 10.7. The van der Waals surface area contributed by atoms with E-state index in [2.05, 4.69) is 22.3 Å². The summed E-state index contributed by atoms with van der Waals surface area (Å²) in [6.45, 7) is 2.62. The number of benzene rings is 2. The maximum Gasteiger partial charge on any atom is 0.258 e. The van der Waals surface area contributed by atoms with E-state index in [1.54, 1.807) is 0 Å². The first-order chi connectivity index (χ1) is 15.3. The van der Waals surface area contributed by atoms with Gasteiger partial charge < -0.3 is 24.4 Å². The molecule has 5 rings (SSSR count). The zero-order valence-electron chi connectivity index (χ0n) is 17.3. The van der Waals surface area contributed by atoms with Crippen molar-refractivity contribution in [1.82, 2.24) is 10.3 Å². The molecule has 0 saturated carbocycles. The minimum atomic E-state index is -0.193. The summed E-state index contributed by atoms with van der Waals surface area (Å²) in [7, 11) is 0. The fourth-order valence-electron chi connectivity index (χ4n) is 3.97. The average Bonchev–Trinajstić information content (AvgIpc) is 3.29. The molecule has 1 N–H and O–H groups in total. The van der Waals surface area contributed by atoms with Crippen LogP contribution in [0.2, 0.25) is 0 Å². The molecule has 0 bridgehead atoms. The molecule has 0 spiro atoms. The van der Waals surface area contributed by atoms with E-state index in [4.69, 9.17) is 19.2 Å². The highest BCUT2D eigenvalue weighted by atomic mass is 16.7. The van der Waals surface area contributed by atoms with Gasteiger partial charge in [-0.3, -0.25) is 4.79 Å². The normalized spacial score (nSPS) is 15.2. The summed E-state index contributed by atoms with van der Waals surface area (Å²) in [6.07, 6.45) is 3.67. The number of ether oxygens (including phenoxy) is 3. The van der Waals surface area contributed by atoms with Crippen LogP contribution >= 0.6 is 0 Å². The molecule has 3 aromatic rings. The van der Waals surface area contributed by atoms with Crippen LogP contribution in [0.4, 0.5) is 5.82 Å². The van der Waals surface area contributed by atoms with Gasteiger partial charge in [-0.25, -0.2) is 4.98 Å². The highest BCUT2D eigenvalue weighted by Crippen LogP contribution is 2.32. The van der Waals surface area contributed by atoms with E-state index in [0.717, 1.165) is 41.1 Å². The molecule has 2 aliphatic heterocycles. The van der Waals surface area contributed by atoms with Crippen molar-refractivity contribution in [2.75, 3.05) is 31.4 Å². The van der Waals surface area contributed by atoms with Crippen LogP contribution < -0.4 is 24.4 Å². The van der Waals surface area contributed by atoms with Crippen molar-refractivity contribution in [3.63, 3.8) is 0 Å². The number of nitrogens with zero attached hydrogens (tertiary/aromatic N) is 2. The van der Waals surface area contributed by atoms with E-state index in [9.17, 15) is 4.79 Å². The standard InChI is InChI=1S/C24H25N3O4/c28-23(25-14-17-7-9-19-21(13-17)31-16-30-19)15-29-20-6-4-5-18-8-10-22(26-24(18)20)27-11-2-1-3-12-27/h4-10,13H,1-3,11-12,14-16H2,(H,25,28). The second-order valence-electron chi connectivity index (χ2n) is 7.80. The van der Waals surface area contributed by atoms with Crippen LogP contribution in [-0.4, -0.2) is 37.4 Å². The third-order valence-electron chi connectivity index (χ3n) is 5.63. The zero-order valence-corrected chi connectivity index (χ0v) is 17.3. The van der Waals surface area contributed by atoms with Gasteiger partial charge in [-0.1, -0.05) is 18.2 Å². The largest absolute Gasteiger partial charge is 0.481 e. The number of pyridine rings is 1. The molecule has 3 heterocycles. The van der Waals surface area contributed by atoms with Crippen LogP contribution in [0, 0.1) is 0 Å². The Kier molecular flexibility index (Phi) is 5.48. The van der Waals surface area contributed by atoms with E-state index in [1.165, 1.54) is 19.3 Å². The number of piperidine rings is 1. The molecule has 0 aliphatic carbocycles. The van der Waals surface area contributed by atoms with E-state index in [1.807, 2.05) is 36.4 Å². The molecule has 0 radical (unpaired) electrons. The van der Waals surface area contributed by atoms with Crippen molar-refractivity contribution in [2.45, 2.75) is 25.8 Å². The van der Waals surface area contributed by atoms with Crippen molar-refractivity contribution in [3.05, 3.63) is 54.1 Å². The highest BCUT2D eigenvalue weighted by molar-refractivity contribution is 5.86. The Morgan fingerprint density at radius 1 is 1.03 bits per heavy atom. The van der Waals surface area contributed by atoms with Crippen molar-refractivity contribution >= 4 is 22.6 Å². The summed E-state index contributed by atoms with van der Waals surface area (Å²) in [5, 5.41) is 3.88. The molecular weight excluding hydrogens is 394 g/mol. The van der Waals surface area contributed by atoms with Gasteiger partial charge in [0.15, 0.2) is 18.1 Å². The number of para-hydroxylation sites is 1. The Morgan fingerprint density at radius 2 is 1.90 bits per heavy atom. The Hall–Kier alpha value is -3.48. The number of nitrogens with one attached hydrogen (secondary N) is 1. The van der Waals surface area contributed by atoms with Gasteiger partial charge in [-0.05, 0) is 55.2 Å². The van der Waals surface area contributed by atoms with Crippen LogP contribution in [-0.2, 0) is 11.3 Å². The number of amides is 1. The van der Waals surface area contributed by atoms with Crippen molar-refractivity contribution < 1.29 is 19.0 Å². The lowest BCUT2D eigenvalue weighted by Gasteiger charge is -2.28. The molecule has 160 valence electrons. The van der Waals surface area contributed by atoms with Crippen LogP contribution in [0.25, 0.3) is 10.9 Å². The smallest absolute Gasteiger partial charge is 0.258 e. The molecule has 2 aromatic carbocycles. The first kappa shape index (κ1) is 19.5. The fourth-order valence-corrected chi connectivity index (χ4v) is 3.97. The number of hydrogen-bond donors (Lipinski definition) is 1. The quantitative estimate of drug-likeness (QED) is 0.658. The van der Waals surface area contributed by atoms with Crippen molar-refractivity contribution in [3.8, 4) is 17.2 Å². The molecule has 1 amide bonds. The third kappa shape index (κ3) is 4.35. The van der Waals surface area contributed by atoms with Crippen LogP contribution in [0.3, 0.4) is 0 Å². The van der Waals surface area contributed by atoms with Gasteiger partial charge in [0.05, 0.1) is 0 Å². The number of aromatic nitrogens is 1. The second-order valence-corrected chi connectivity index (χ2v) is 7.80. The second kappa shape index (κ2) is 8.71. The lowest BCUT2D eigenvalue weighted by molar-refractivity contribution is -0.123. The summed E-state index contributed by atoms with van der Waals surface area (Å²) < 4.78 is 16.5. The van der Waals surface area contributed by atoms with Crippen molar-refractivity contribution in [1.29, 1.82) is 0 Å². The van der Waals surface area contributed by atoms with Gasteiger partial charge in [0.1, 0.15) is 17.1 Å². The summed E-state index contributed by atoms with van der Waals surface area (Å²) in [5.41, 5.74) is 1.73. The summed E-state index contributed by atoms with van der Waals surface area (Å²) >= 11 is 0. The monoisotopic (exact) mass is 419 g/mol. The molecular formula is C24H25N3O4. The third-order valence-corrected chi connectivity index (χ3v) is 5.63. The Labute approximate surface area is 180 Å². The SMILES string of the molecule is O=C(COc1cccc2ccc(N3CCCCC3)nc12)NCc1ccc2c(c1)OCO2. The Bertz CT molecular complexity index is 1100. The summed E-state index contributed by atoms with van der Waals surface area (Å²) in [5.74, 6) is 2.83. The molecule has 0 unspecified atom stereocenters. The first-order valence-corrected chi connectivity index (χ1v) is 10.7. The van der Waals surface area contributed by atoms with Gasteiger partial charge in [0.2, 0.25) is 6.79 Å². The van der Waals surface area contributed by atoms with Crippen molar-refractivity contribution in [2.24, 2.45) is 0 Å². The van der Waals surface area contributed by atoms with Gasteiger partial charge in [0.25, 0.3) is 5.91 Å². The maximum absolute atomic E-state index is 12.4. The van der Waals surface area contributed by atoms with E-state index in [0.29, 0.717) is 18.0 Å². The summed E-state index contributed by atoms with van der Waals surface area (Å²) in [4.78, 5) is 19.5. The molecule has 7 heteroatoms. The average molecular weight is 419 g/mol. The number of hydrogen-bond acceptors (Lipinski definition) is 6. The minimum absolute atomic E-state index is 0.0702. The Morgan fingerprint density at radius 3 is 2.81 bits per heavy atom. The van der Waals surface area contributed by atoms with Gasteiger partial charge >= 0.3 is 0 Å². The van der Waals surface area contributed by atoms with Gasteiger partial charge in [-0.2, -0.15) is 0 Å². The van der Waals surface area contributed by atoms with Crippen LogP contribution in [0.1, 0.15) is 24.8 Å². The van der Waals surface area contributed by atoms with E-state index >= 15 is 0 Å². The van der Waals surface area contributed by atoms with E-state index < -0.39 is 0 Å². The molecule has 2 aliphatic rings. The fraction of sp³-hybridized carbons (Fsp3) is 0.333. The zero-order chi connectivity index (χ0) is 21.0. The molecule has 1 saturated heterocycles. The lowest BCUT2D eigenvalue weighted by atomic mass is 10.1. The Balaban J connectivity index is 1.23. The van der Waals surface area contributed by atoms with Crippen LogP contribution in [0.15, 0.2) is 48.5 Å². The number of rotatable bonds is 6. The summed E-state index contributed by atoms with van der Waals surface area (Å²) in [6, 6.07) is 15.6. The van der Waals surface area contributed by atoms with Gasteiger partial charge in [-0.15, -0.1) is 0 Å². The molecule has 1 fully saturated rings.